The number of nitrogens with two attached hydrogens (primary N) is 1. The Morgan fingerprint density at radius 3 is 2.84 bits per heavy atom. The van der Waals surface area contributed by atoms with E-state index >= 15 is 0 Å². The molecule has 1 aromatic rings. The number of nitrogens with zero attached hydrogens (tertiary/aromatic N) is 1. The lowest BCUT2D eigenvalue weighted by Gasteiger charge is -2.42. The Labute approximate surface area is 127 Å². The van der Waals surface area contributed by atoms with Gasteiger partial charge in [-0.15, -0.1) is 0 Å². The maximum atomic E-state index is 12.5. The van der Waals surface area contributed by atoms with Crippen LogP contribution in [0.25, 0.3) is 0 Å². The maximum absolute atomic E-state index is 12.5. The van der Waals surface area contributed by atoms with Crippen molar-refractivity contribution in [2.24, 2.45) is 11.1 Å². The molecule has 3 nitrogen and oxygen atoms in total. The van der Waals surface area contributed by atoms with E-state index in [0.717, 1.165) is 10.9 Å². The number of benzene rings is 1. The summed E-state index contributed by atoms with van der Waals surface area (Å²) in [6, 6.07) is 5.55. The summed E-state index contributed by atoms with van der Waals surface area (Å²) >= 11 is 9.54. The lowest BCUT2D eigenvalue weighted by molar-refractivity contribution is 0.0533. The summed E-state index contributed by atoms with van der Waals surface area (Å²) in [6.07, 6.45) is 0.824. The Kier molecular flexibility index (Phi) is 4.23. The molecule has 2 rings (SSSR count). The molecule has 2 N–H and O–H groups in total. The van der Waals surface area contributed by atoms with Crippen LogP contribution in [0.4, 0.5) is 0 Å². The lowest BCUT2D eigenvalue weighted by atomic mass is 9.79. The highest BCUT2D eigenvalue weighted by Crippen LogP contribution is 2.31. The first kappa shape index (κ1) is 14.8. The van der Waals surface area contributed by atoms with Gasteiger partial charge in [-0.1, -0.05) is 31.5 Å². The molecule has 0 saturated carbocycles. The first-order valence-electron chi connectivity index (χ1n) is 6.32. The van der Waals surface area contributed by atoms with Gasteiger partial charge in [0.25, 0.3) is 5.91 Å². The van der Waals surface area contributed by atoms with Crippen LogP contribution in [-0.2, 0) is 0 Å². The van der Waals surface area contributed by atoms with Crippen molar-refractivity contribution in [3.05, 3.63) is 33.3 Å². The highest BCUT2D eigenvalue weighted by molar-refractivity contribution is 9.10. The second-order valence-electron chi connectivity index (χ2n) is 5.71. The van der Waals surface area contributed by atoms with Crippen molar-refractivity contribution in [3.63, 3.8) is 0 Å². The van der Waals surface area contributed by atoms with Gasteiger partial charge < -0.3 is 10.6 Å². The summed E-state index contributed by atoms with van der Waals surface area (Å²) in [4.78, 5) is 14.4. The number of carbonyl (C=O) groups is 1. The predicted molar refractivity (Wildman–Crippen MR) is 81.4 cm³/mol. The van der Waals surface area contributed by atoms with Crippen LogP contribution in [0, 0.1) is 5.41 Å². The average molecular weight is 346 g/mol. The van der Waals surface area contributed by atoms with Crippen LogP contribution in [0.15, 0.2) is 22.7 Å². The van der Waals surface area contributed by atoms with E-state index in [0.29, 0.717) is 23.7 Å². The van der Waals surface area contributed by atoms with Gasteiger partial charge in [0.15, 0.2) is 0 Å². The van der Waals surface area contributed by atoms with Gasteiger partial charge in [-0.2, -0.15) is 0 Å². The number of piperidine rings is 1. The number of rotatable bonds is 1. The summed E-state index contributed by atoms with van der Waals surface area (Å²) in [5.74, 6) is -0.0220. The van der Waals surface area contributed by atoms with Crippen LogP contribution in [0.5, 0.6) is 0 Å². The molecule has 5 heteroatoms. The van der Waals surface area contributed by atoms with E-state index < -0.39 is 0 Å². The molecule has 0 bridgehead atoms. The summed E-state index contributed by atoms with van der Waals surface area (Å²) in [7, 11) is 0. The fourth-order valence-corrected chi connectivity index (χ4v) is 2.96. The monoisotopic (exact) mass is 344 g/mol. The summed E-state index contributed by atoms with van der Waals surface area (Å²) in [5.41, 5.74) is 6.58. The Balaban J connectivity index is 2.23. The number of carbonyl (C=O) groups excluding carboxylic acids is 1. The van der Waals surface area contributed by atoms with Crippen molar-refractivity contribution in [1.82, 2.24) is 4.90 Å². The molecule has 1 atom stereocenters. The van der Waals surface area contributed by atoms with Gasteiger partial charge in [-0.25, -0.2) is 0 Å². The van der Waals surface area contributed by atoms with Crippen molar-refractivity contribution < 1.29 is 4.79 Å². The molecule has 0 aliphatic carbocycles. The standard InChI is InChI=1S/C14H18BrClN2O/c1-14(2)8-18(7-6-11(14)17)13(19)9-4-3-5-10(15)12(9)16/h3-5,11H,6-8,17H2,1-2H3. The smallest absolute Gasteiger partial charge is 0.255 e. The normalized spacial score (nSPS) is 22.4. The predicted octanol–water partition coefficient (Wildman–Crippen LogP) is 3.30. The lowest BCUT2D eigenvalue weighted by Crippen LogP contribution is -2.54. The molecule has 1 aromatic carbocycles. The molecule has 19 heavy (non-hydrogen) atoms. The van der Waals surface area contributed by atoms with Crippen molar-refractivity contribution in [1.29, 1.82) is 0 Å². The Hall–Kier alpha value is -0.580. The fraction of sp³-hybridized carbons (Fsp3) is 0.500. The Bertz CT molecular complexity index is 504. The minimum Gasteiger partial charge on any atom is -0.338 e. The van der Waals surface area contributed by atoms with Gasteiger partial charge in [0.2, 0.25) is 0 Å². The van der Waals surface area contributed by atoms with E-state index in [1.54, 1.807) is 6.07 Å². The fourth-order valence-electron chi connectivity index (χ4n) is 2.39. The highest BCUT2D eigenvalue weighted by Gasteiger charge is 2.36. The van der Waals surface area contributed by atoms with E-state index in [1.807, 2.05) is 17.0 Å². The molecule has 1 saturated heterocycles. The number of halogens is 2. The van der Waals surface area contributed by atoms with Gasteiger partial charge in [0.05, 0.1) is 10.6 Å². The van der Waals surface area contributed by atoms with Gasteiger partial charge >= 0.3 is 0 Å². The Morgan fingerprint density at radius 2 is 2.21 bits per heavy atom. The van der Waals surface area contributed by atoms with Crippen molar-refractivity contribution in [2.45, 2.75) is 26.3 Å². The number of hydrogen-bond donors (Lipinski definition) is 1. The molecule has 1 unspecified atom stereocenters. The van der Waals surface area contributed by atoms with E-state index in [4.69, 9.17) is 17.3 Å². The molecule has 1 fully saturated rings. The van der Waals surface area contributed by atoms with Crippen LogP contribution in [0.2, 0.25) is 5.02 Å². The number of likely N-dealkylation sites (tertiary alicyclic amines) is 1. The molecule has 0 spiro atoms. The summed E-state index contributed by atoms with van der Waals surface area (Å²) in [6.45, 7) is 5.54. The molecule has 0 radical (unpaired) electrons. The van der Waals surface area contributed by atoms with E-state index in [9.17, 15) is 4.79 Å². The molecule has 104 valence electrons. The topological polar surface area (TPSA) is 46.3 Å². The van der Waals surface area contributed by atoms with Gasteiger partial charge in [0.1, 0.15) is 0 Å². The highest BCUT2D eigenvalue weighted by atomic mass is 79.9. The second-order valence-corrected chi connectivity index (χ2v) is 6.94. The van der Waals surface area contributed by atoms with Crippen molar-refractivity contribution >= 4 is 33.4 Å². The van der Waals surface area contributed by atoms with Crippen LogP contribution in [0.1, 0.15) is 30.6 Å². The molecular weight excluding hydrogens is 328 g/mol. The van der Waals surface area contributed by atoms with E-state index in [-0.39, 0.29) is 17.4 Å². The number of amides is 1. The third-order valence-corrected chi connectivity index (χ3v) is 5.08. The molecular formula is C14H18BrClN2O. The van der Waals surface area contributed by atoms with Gasteiger partial charge in [-0.3, -0.25) is 4.79 Å². The molecule has 1 aliphatic heterocycles. The molecule has 0 aromatic heterocycles. The number of hydrogen-bond acceptors (Lipinski definition) is 2. The minimum atomic E-state index is -0.0631. The maximum Gasteiger partial charge on any atom is 0.255 e. The van der Waals surface area contributed by atoms with Crippen LogP contribution in [-0.4, -0.2) is 29.9 Å². The van der Waals surface area contributed by atoms with Gasteiger partial charge in [0, 0.05) is 23.6 Å². The van der Waals surface area contributed by atoms with Crippen molar-refractivity contribution in [2.75, 3.05) is 13.1 Å². The van der Waals surface area contributed by atoms with E-state index in [1.165, 1.54) is 0 Å². The first-order valence-corrected chi connectivity index (χ1v) is 7.49. The third-order valence-electron chi connectivity index (χ3n) is 3.78. The zero-order valence-corrected chi connectivity index (χ0v) is 13.5. The SMILES string of the molecule is CC1(C)CN(C(=O)c2cccc(Br)c2Cl)CCC1N. The zero-order chi connectivity index (χ0) is 14.2. The summed E-state index contributed by atoms with van der Waals surface area (Å²) in [5, 5.41) is 0.472. The first-order chi connectivity index (χ1) is 8.83. The summed E-state index contributed by atoms with van der Waals surface area (Å²) < 4.78 is 0.744. The third kappa shape index (κ3) is 2.96. The van der Waals surface area contributed by atoms with Crippen LogP contribution < -0.4 is 5.73 Å². The minimum absolute atomic E-state index is 0.0220. The van der Waals surface area contributed by atoms with Crippen LogP contribution >= 0.6 is 27.5 Å². The second kappa shape index (κ2) is 5.43. The van der Waals surface area contributed by atoms with E-state index in [2.05, 4.69) is 29.8 Å². The molecule has 1 heterocycles. The Morgan fingerprint density at radius 1 is 1.53 bits per heavy atom. The van der Waals surface area contributed by atoms with Crippen molar-refractivity contribution in [3.8, 4) is 0 Å². The largest absolute Gasteiger partial charge is 0.338 e. The quantitative estimate of drug-likeness (QED) is 0.849. The zero-order valence-electron chi connectivity index (χ0n) is 11.1. The average Bonchev–Trinajstić information content (AvgIpc) is 2.35. The molecule has 1 amide bonds. The van der Waals surface area contributed by atoms with Crippen LogP contribution in [0.3, 0.4) is 0 Å². The molecule has 1 aliphatic rings. The van der Waals surface area contributed by atoms with Gasteiger partial charge in [-0.05, 0) is 39.9 Å².